The van der Waals surface area contributed by atoms with Crippen molar-refractivity contribution in [2.45, 2.75) is 0 Å². The quantitative estimate of drug-likeness (QED) is 0.588. The zero-order chi connectivity index (χ0) is 13.5. The highest BCUT2D eigenvalue weighted by molar-refractivity contribution is 6.30. The fourth-order valence-electron chi connectivity index (χ4n) is 1.14. The molecule has 0 unspecified atom stereocenters. The lowest BCUT2D eigenvalue weighted by molar-refractivity contribution is -0.385. The average molecular weight is 275 g/mol. The molecule has 1 amide bonds. The van der Waals surface area contributed by atoms with E-state index in [0.29, 0.717) is 0 Å². The molecule has 0 aliphatic carbocycles. The van der Waals surface area contributed by atoms with Gasteiger partial charge < -0.3 is 15.2 Å². The molecule has 0 heterocycles. The van der Waals surface area contributed by atoms with Crippen LogP contribution in [0.5, 0.6) is 5.75 Å². The number of ether oxygens (including phenoxy) is 1. The molecule has 0 bridgehead atoms. The van der Waals surface area contributed by atoms with Crippen LogP contribution in [-0.4, -0.2) is 35.7 Å². The maximum Gasteiger partial charge on any atom is 0.312 e. The molecule has 1 aromatic carbocycles. The summed E-state index contributed by atoms with van der Waals surface area (Å²) in [5.41, 5.74) is -0.308. The molecule has 0 radical (unpaired) electrons. The minimum atomic E-state index is -0.646. The Hall–Kier alpha value is -1.86. The van der Waals surface area contributed by atoms with E-state index in [1.807, 2.05) is 0 Å². The van der Waals surface area contributed by atoms with Gasteiger partial charge in [0.25, 0.3) is 5.91 Å². The van der Waals surface area contributed by atoms with E-state index in [9.17, 15) is 14.9 Å². The van der Waals surface area contributed by atoms with Crippen LogP contribution in [0.4, 0.5) is 5.69 Å². The summed E-state index contributed by atoms with van der Waals surface area (Å²) in [6.07, 6.45) is 0. The third kappa shape index (κ3) is 4.19. The average Bonchev–Trinajstić information content (AvgIpc) is 2.34. The lowest BCUT2D eigenvalue weighted by atomic mass is 10.3. The monoisotopic (exact) mass is 274 g/mol. The molecule has 0 atom stereocenters. The molecule has 0 saturated heterocycles. The lowest BCUT2D eigenvalue weighted by Gasteiger charge is -2.07. The first-order valence-electron chi connectivity index (χ1n) is 4.99. The van der Waals surface area contributed by atoms with Crippen LogP contribution in [0.25, 0.3) is 0 Å². The molecular formula is C10H11ClN2O5. The highest BCUT2D eigenvalue weighted by atomic mass is 35.5. The molecule has 0 saturated carbocycles. The van der Waals surface area contributed by atoms with Crippen LogP contribution < -0.4 is 10.1 Å². The molecular weight excluding hydrogens is 264 g/mol. The predicted octanol–water partition coefficient (Wildman–Crippen LogP) is 0.736. The first-order chi connectivity index (χ1) is 8.54. The van der Waals surface area contributed by atoms with Gasteiger partial charge in [0.05, 0.1) is 11.5 Å². The van der Waals surface area contributed by atoms with Crippen molar-refractivity contribution < 1.29 is 19.6 Å². The Morgan fingerprint density at radius 1 is 1.56 bits per heavy atom. The first kappa shape index (κ1) is 14.2. The second kappa shape index (κ2) is 6.77. The van der Waals surface area contributed by atoms with Crippen LogP contribution in [0.1, 0.15) is 0 Å². The number of halogens is 1. The van der Waals surface area contributed by atoms with Gasteiger partial charge in [-0.2, -0.15) is 0 Å². The number of carbonyl (C=O) groups is 1. The van der Waals surface area contributed by atoms with Gasteiger partial charge in [-0.1, -0.05) is 11.6 Å². The summed E-state index contributed by atoms with van der Waals surface area (Å²) < 4.78 is 5.02. The molecule has 1 aromatic rings. The van der Waals surface area contributed by atoms with E-state index in [0.717, 1.165) is 6.07 Å². The fraction of sp³-hybridized carbons (Fsp3) is 0.300. The van der Waals surface area contributed by atoms with Crippen LogP contribution in [0.3, 0.4) is 0 Å². The number of carbonyl (C=O) groups excluding carboxylic acids is 1. The smallest absolute Gasteiger partial charge is 0.312 e. The van der Waals surface area contributed by atoms with Gasteiger partial charge in [-0.25, -0.2) is 0 Å². The van der Waals surface area contributed by atoms with Crippen LogP contribution in [0.15, 0.2) is 18.2 Å². The third-order valence-corrected chi connectivity index (χ3v) is 2.15. The Morgan fingerprint density at radius 3 is 2.89 bits per heavy atom. The van der Waals surface area contributed by atoms with Crippen molar-refractivity contribution in [2.75, 3.05) is 19.8 Å². The number of aliphatic hydroxyl groups excluding tert-OH is 1. The number of nitro benzene ring substituents is 1. The summed E-state index contributed by atoms with van der Waals surface area (Å²) in [7, 11) is 0. The van der Waals surface area contributed by atoms with E-state index >= 15 is 0 Å². The molecule has 1 rings (SSSR count). The van der Waals surface area contributed by atoms with Gasteiger partial charge >= 0.3 is 5.69 Å². The Balaban J connectivity index is 2.67. The summed E-state index contributed by atoms with van der Waals surface area (Å²) in [6.45, 7) is -0.458. The minimum Gasteiger partial charge on any atom is -0.477 e. The van der Waals surface area contributed by atoms with E-state index in [-0.39, 0.29) is 36.2 Å². The van der Waals surface area contributed by atoms with Crippen molar-refractivity contribution in [3.05, 3.63) is 33.3 Å². The van der Waals surface area contributed by atoms with Crippen LogP contribution in [0.2, 0.25) is 5.02 Å². The number of rotatable bonds is 6. The van der Waals surface area contributed by atoms with Crippen molar-refractivity contribution in [2.24, 2.45) is 0 Å². The second-order valence-corrected chi connectivity index (χ2v) is 3.67. The topological polar surface area (TPSA) is 102 Å². The molecule has 0 fully saturated rings. The van der Waals surface area contributed by atoms with Crippen molar-refractivity contribution >= 4 is 23.2 Å². The van der Waals surface area contributed by atoms with Gasteiger partial charge in [0.15, 0.2) is 12.4 Å². The van der Waals surface area contributed by atoms with Crippen LogP contribution in [0, 0.1) is 10.1 Å². The number of aliphatic hydroxyl groups is 1. The van der Waals surface area contributed by atoms with E-state index < -0.39 is 10.8 Å². The van der Waals surface area contributed by atoms with Gasteiger partial charge in [0, 0.05) is 17.6 Å². The summed E-state index contributed by atoms with van der Waals surface area (Å²) in [6, 6.07) is 3.89. The molecule has 0 spiro atoms. The van der Waals surface area contributed by atoms with Gasteiger partial charge in [-0.3, -0.25) is 14.9 Å². The SMILES string of the molecule is O=C(COc1ccc(Cl)cc1[N+](=O)[O-])NCCO. The predicted molar refractivity (Wildman–Crippen MR) is 63.7 cm³/mol. The van der Waals surface area contributed by atoms with E-state index in [4.69, 9.17) is 21.4 Å². The molecule has 98 valence electrons. The standard InChI is InChI=1S/C10H11ClN2O5/c11-7-1-2-9(8(5-7)13(16)17)18-6-10(15)12-3-4-14/h1-2,5,14H,3-4,6H2,(H,12,15). The Kier molecular flexibility index (Phi) is 5.34. The van der Waals surface area contributed by atoms with E-state index in [1.54, 1.807) is 0 Å². The van der Waals surface area contributed by atoms with Crippen molar-refractivity contribution in [3.8, 4) is 5.75 Å². The molecule has 0 aliphatic rings. The highest BCUT2D eigenvalue weighted by Gasteiger charge is 2.16. The van der Waals surface area contributed by atoms with Crippen molar-refractivity contribution in [1.29, 1.82) is 0 Å². The molecule has 7 nitrogen and oxygen atoms in total. The largest absolute Gasteiger partial charge is 0.477 e. The molecule has 2 N–H and O–H groups in total. The molecule has 18 heavy (non-hydrogen) atoms. The fourth-order valence-corrected chi connectivity index (χ4v) is 1.31. The molecule has 0 aromatic heterocycles. The van der Waals surface area contributed by atoms with Crippen molar-refractivity contribution in [1.82, 2.24) is 5.32 Å². The van der Waals surface area contributed by atoms with E-state index in [2.05, 4.69) is 5.32 Å². The van der Waals surface area contributed by atoms with Crippen LogP contribution in [-0.2, 0) is 4.79 Å². The molecule has 8 heteroatoms. The second-order valence-electron chi connectivity index (χ2n) is 3.23. The van der Waals surface area contributed by atoms with Crippen molar-refractivity contribution in [3.63, 3.8) is 0 Å². The van der Waals surface area contributed by atoms with Gasteiger partial charge in [0.2, 0.25) is 0 Å². The summed E-state index contributed by atoms with van der Waals surface area (Å²) in [4.78, 5) is 21.3. The molecule has 0 aliphatic heterocycles. The Labute approximate surface area is 107 Å². The number of benzene rings is 1. The van der Waals surface area contributed by atoms with E-state index in [1.165, 1.54) is 12.1 Å². The number of nitrogens with one attached hydrogen (secondary N) is 1. The van der Waals surface area contributed by atoms with Crippen LogP contribution >= 0.6 is 11.6 Å². The van der Waals surface area contributed by atoms with Gasteiger partial charge in [-0.15, -0.1) is 0 Å². The zero-order valence-corrected chi connectivity index (χ0v) is 10.0. The third-order valence-electron chi connectivity index (χ3n) is 1.91. The zero-order valence-electron chi connectivity index (χ0n) is 9.26. The van der Waals surface area contributed by atoms with Gasteiger partial charge in [-0.05, 0) is 12.1 Å². The number of amides is 1. The number of nitrogens with zero attached hydrogens (tertiary/aromatic N) is 1. The summed E-state index contributed by atoms with van der Waals surface area (Å²) >= 11 is 5.63. The number of nitro groups is 1. The Morgan fingerprint density at radius 2 is 2.28 bits per heavy atom. The maximum absolute atomic E-state index is 11.2. The Bertz CT molecular complexity index is 452. The first-order valence-corrected chi connectivity index (χ1v) is 5.36. The lowest BCUT2D eigenvalue weighted by Crippen LogP contribution is -2.31. The highest BCUT2D eigenvalue weighted by Crippen LogP contribution is 2.29. The maximum atomic E-state index is 11.2. The number of hydrogen-bond donors (Lipinski definition) is 2. The summed E-state index contributed by atoms with van der Waals surface area (Å²) in [5, 5.41) is 21.8. The number of hydrogen-bond acceptors (Lipinski definition) is 5. The summed E-state index contributed by atoms with van der Waals surface area (Å²) in [5.74, 6) is -0.517. The van der Waals surface area contributed by atoms with Gasteiger partial charge in [0.1, 0.15) is 0 Å². The minimum absolute atomic E-state index is 0.0384. The normalized spacial score (nSPS) is 9.89.